The molecule has 0 radical (unpaired) electrons. The maximum absolute atomic E-state index is 11.3. The highest BCUT2D eigenvalue weighted by Gasteiger charge is 2.39. The van der Waals surface area contributed by atoms with Crippen molar-refractivity contribution in [2.75, 3.05) is 0 Å². The Morgan fingerprint density at radius 2 is 1.14 bits per heavy atom. The molecule has 0 aliphatic heterocycles. The van der Waals surface area contributed by atoms with Gasteiger partial charge < -0.3 is 10.8 Å². The van der Waals surface area contributed by atoms with Gasteiger partial charge in [-0.15, -0.1) is 0 Å². The average Bonchev–Trinajstić information content (AvgIpc) is 2.56. The van der Waals surface area contributed by atoms with Crippen molar-refractivity contribution >= 4 is 0 Å². The number of aliphatic hydroxyl groups is 1. The summed E-state index contributed by atoms with van der Waals surface area (Å²) in [6.45, 7) is 8.06. The van der Waals surface area contributed by atoms with Crippen LogP contribution in [0.3, 0.4) is 0 Å². The first-order chi connectivity index (χ1) is 10.1. The summed E-state index contributed by atoms with van der Waals surface area (Å²) in [7, 11) is 0. The highest BCUT2D eigenvalue weighted by molar-refractivity contribution is 5.38. The fraction of sp³-hybridized carbons (Fsp3) is 0.368. The molecule has 2 heteroatoms. The number of hydrogen-bond donors (Lipinski definition) is 2. The van der Waals surface area contributed by atoms with E-state index < -0.39 is 5.60 Å². The first kappa shape index (κ1) is 17.4. The third-order valence-electron chi connectivity index (χ3n) is 3.63. The van der Waals surface area contributed by atoms with E-state index in [1.165, 1.54) is 0 Å². The van der Waals surface area contributed by atoms with Gasteiger partial charge in [0.2, 0.25) is 0 Å². The monoisotopic (exact) mass is 285 g/mol. The molecule has 2 nitrogen and oxygen atoms in total. The fourth-order valence-electron chi connectivity index (χ4n) is 2.42. The smallest absolute Gasteiger partial charge is 0.130 e. The van der Waals surface area contributed by atoms with E-state index in [-0.39, 0.29) is 12.0 Å². The van der Waals surface area contributed by atoms with Crippen molar-refractivity contribution in [3.8, 4) is 0 Å². The molecule has 21 heavy (non-hydrogen) atoms. The van der Waals surface area contributed by atoms with Crippen molar-refractivity contribution in [3.05, 3.63) is 71.8 Å². The zero-order valence-corrected chi connectivity index (χ0v) is 13.5. The maximum Gasteiger partial charge on any atom is 0.130 e. The van der Waals surface area contributed by atoms with Crippen LogP contribution in [-0.4, -0.2) is 11.1 Å². The highest BCUT2D eigenvalue weighted by atomic mass is 16.3. The molecule has 0 aromatic heterocycles. The molecule has 0 bridgehead atoms. The quantitative estimate of drug-likeness (QED) is 0.894. The van der Waals surface area contributed by atoms with Crippen molar-refractivity contribution < 1.29 is 5.11 Å². The predicted molar refractivity (Wildman–Crippen MR) is 90.0 cm³/mol. The fourth-order valence-corrected chi connectivity index (χ4v) is 2.42. The lowest BCUT2D eigenvalue weighted by atomic mass is 9.76. The summed E-state index contributed by atoms with van der Waals surface area (Å²) in [6, 6.07) is 18.9. The van der Waals surface area contributed by atoms with Gasteiger partial charge in [0.15, 0.2) is 0 Å². The Kier molecular flexibility index (Phi) is 6.60. The van der Waals surface area contributed by atoms with Crippen LogP contribution in [0.15, 0.2) is 60.7 Å². The van der Waals surface area contributed by atoms with Gasteiger partial charge in [-0.25, -0.2) is 0 Å². The Hall–Kier alpha value is -1.64. The summed E-state index contributed by atoms with van der Waals surface area (Å²) >= 11 is 0. The summed E-state index contributed by atoms with van der Waals surface area (Å²) in [5.41, 5.74) is 6.82. The van der Waals surface area contributed by atoms with E-state index >= 15 is 0 Å². The summed E-state index contributed by atoms with van der Waals surface area (Å²) in [4.78, 5) is 0. The predicted octanol–water partition coefficient (Wildman–Crippen LogP) is 3.93. The molecule has 0 saturated carbocycles. The number of hydrogen-bond acceptors (Lipinski definition) is 2. The largest absolute Gasteiger partial charge is 0.379 e. The van der Waals surface area contributed by atoms with Crippen LogP contribution in [0.5, 0.6) is 0 Å². The standard InChI is InChI=1S/C17H21NO.C2H6/c1-13(2)16(18)17(19,14-9-5-3-6-10-14)15-11-7-4-8-12-15;1-2/h3-13,16,19H,18H2,1-2H3;1-2H3/t16-;/m1./s1. The van der Waals surface area contributed by atoms with Crippen LogP contribution in [-0.2, 0) is 5.60 Å². The average molecular weight is 285 g/mol. The van der Waals surface area contributed by atoms with Crippen LogP contribution in [0.4, 0.5) is 0 Å². The van der Waals surface area contributed by atoms with Crippen molar-refractivity contribution in [2.45, 2.75) is 39.3 Å². The molecule has 0 heterocycles. The van der Waals surface area contributed by atoms with Gasteiger partial charge in [0, 0.05) is 6.04 Å². The van der Waals surface area contributed by atoms with E-state index in [0.717, 1.165) is 11.1 Å². The molecule has 0 spiro atoms. The van der Waals surface area contributed by atoms with Gasteiger partial charge in [0.1, 0.15) is 5.60 Å². The van der Waals surface area contributed by atoms with E-state index in [0.29, 0.717) is 0 Å². The van der Waals surface area contributed by atoms with E-state index in [4.69, 9.17) is 5.73 Å². The normalized spacial score (nSPS) is 12.5. The van der Waals surface area contributed by atoms with Crippen LogP contribution in [0.1, 0.15) is 38.8 Å². The van der Waals surface area contributed by atoms with E-state index in [1.54, 1.807) is 0 Å². The first-order valence-electron chi connectivity index (χ1n) is 7.66. The van der Waals surface area contributed by atoms with Gasteiger partial charge in [-0.2, -0.15) is 0 Å². The third kappa shape index (κ3) is 3.72. The number of nitrogens with two attached hydrogens (primary N) is 1. The second kappa shape index (κ2) is 7.96. The minimum Gasteiger partial charge on any atom is -0.379 e. The Morgan fingerprint density at radius 3 is 1.43 bits per heavy atom. The summed E-state index contributed by atoms with van der Waals surface area (Å²) in [5.74, 6) is 0.172. The molecule has 2 aromatic rings. The van der Waals surface area contributed by atoms with Gasteiger partial charge in [0.05, 0.1) is 0 Å². The molecule has 114 valence electrons. The second-order valence-corrected chi connectivity index (χ2v) is 5.27. The van der Waals surface area contributed by atoms with Crippen LogP contribution in [0, 0.1) is 5.92 Å². The molecule has 0 aliphatic rings. The Morgan fingerprint density at radius 1 is 0.810 bits per heavy atom. The minimum absolute atomic E-state index is 0.172. The van der Waals surface area contributed by atoms with Gasteiger partial charge in [-0.1, -0.05) is 88.4 Å². The summed E-state index contributed by atoms with van der Waals surface area (Å²) < 4.78 is 0. The molecular formula is C19H27NO. The van der Waals surface area contributed by atoms with Crippen molar-refractivity contribution in [1.82, 2.24) is 0 Å². The first-order valence-corrected chi connectivity index (χ1v) is 7.66. The SMILES string of the molecule is CC.CC(C)[C@@H](N)C(O)(c1ccccc1)c1ccccc1. The van der Waals surface area contributed by atoms with Crippen molar-refractivity contribution in [3.63, 3.8) is 0 Å². The lowest BCUT2D eigenvalue weighted by Crippen LogP contribution is -2.49. The zero-order valence-electron chi connectivity index (χ0n) is 13.5. The van der Waals surface area contributed by atoms with E-state index in [2.05, 4.69) is 0 Å². The summed E-state index contributed by atoms with van der Waals surface area (Å²) in [5, 5.41) is 11.3. The molecule has 0 unspecified atom stereocenters. The van der Waals surface area contributed by atoms with Crippen LogP contribution in [0.2, 0.25) is 0 Å². The molecule has 0 saturated heterocycles. The van der Waals surface area contributed by atoms with E-state index in [1.807, 2.05) is 88.4 Å². The highest BCUT2D eigenvalue weighted by Crippen LogP contribution is 2.34. The number of benzene rings is 2. The molecule has 2 rings (SSSR count). The molecular weight excluding hydrogens is 258 g/mol. The van der Waals surface area contributed by atoms with Crippen LogP contribution in [0.25, 0.3) is 0 Å². The minimum atomic E-state index is -1.16. The lowest BCUT2D eigenvalue weighted by molar-refractivity contribution is 0.0353. The second-order valence-electron chi connectivity index (χ2n) is 5.27. The Balaban J connectivity index is 0.00000106. The van der Waals surface area contributed by atoms with E-state index in [9.17, 15) is 5.11 Å². The number of rotatable bonds is 4. The lowest BCUT2D eigenvalue weighted by Gasteiger charge is -2.37. The van der Waals surface area contributed by atoms with Crippen molar-refractivity contribution in [1.29, 1.82) is 0 Å². The Bertz CT molecular complexity index is 468. The van der Waals surface area contributed by atoms with Crippen LogP contribution < -0.4 is 5.73 Å². The van der Waals surface area contributed by atoms with Gasteiger partial charge in [0.25, 0.3) is 0 Å². The molecule has 3 N–H and O–H groups in total. The molecule has 0 fully saturated rings. The third-order valence-corrected chi connectivity index (χ3v) is 3.63. The molecule has 1 atom stereocenters. The van der Waals surface area contributed by atoms with Crippen LogP contribution >= 0.6 is 0 Å². The zero-order chi connectivity index (χ0) is 15.9. The Labute approximate surface area is 128 Å². The maximum atomic E-state index is 11.3. The summed E-state index contributed by atoms with van der Waals surface area (Å²) in [6.07, 6.45) is 0. The van der Waals surface area contributed by atoms with Gasteiger partial charge >= 0.3 is 0 Å². The molecule has 0 aliphatic carbocycles. The van der Waals surface area contributed by atoms with Crippen molar-refractivity contribution in [2.24, 2.45) is 11.7 Å². The van der Waals surface area contributed by atoms with Gasteiger partial charge in [-0.3, -0.25) is 0 Å². The topological polar surface area (TPSA) is 46.2 Å². The van der Waals surface area contributed by atoms with Gasteiger partial charge in [-0.05, 0) is 17.0 Å². The molecule has 2 aromatic carbocycles. The molecule has 0 amide bonds.